The van der Waals surface area contributed by atoms with Gasteiger partial charge < -0.3 is 15.1 Å². The Morgan fingerprint density at radius 2 is 1.50 bits per heavy atom. The van der Waals surface area contributed by atoms with Gasteiger partial charge in [0.05, 0.1) is 6.61 Å². The summed E-state index contributed by atoms with van der Waals surface area (Å²) in [6, 6.07) is 0. The van der Waals surface area contributed by atoms with Crippen LogP contribution in [0.4, 0.5) is 0 Å². The van der Waals surface area contributed by atoms with Gasteiger partial charge in [-0.15, -0.1) is 0 Å². The Hall–Kier alpha value is -0.940. The minimum Gasteiger partial charge on any atom is -0.356 e. The summed E-state index contributed by atoms with van der Waals surface area (Å²) in [6.45, 7) is 2.54. The molecule has 0 aromatic rings. The van der Waals surface area contributed by atoms with Crippen LogP contribution < -0.4 is 5.32 Å². The Labute approximate surface area is 171 Å². The lowest BCUT2D eigenvalue weighted by Gasteiger charge is -2.06. The third-order valence-electron chi connectivity index (χ3n) is 4.26. The smallest absolute Gasteiger partial charge is 0.356 e. The molecule has 7 heteroatoms. The lowest BCUT2D eigenvalue weighted by molar-refractivity contribution is -0.121. The number of carbonyl (C=O) groups is 1. The van der Waals surface area contributed by atoms with Crippen molar-refractivity contribution >= 4 is 13.7 Å². The molecule has 164 valence electrons. The molecule has 0 unspecified atom stereocenters. The SMILES string of the molecule is CCCCC/C=C\C/C=C\CCCCCCCC(=O)NCCCOP(=O)(O)O. The van der Waals surface area contributed by atoms with Gasteiger partial charge in [0.2, 0.25) is 5.91 Å². The monoisotopic (exact) mass is 417 g/mol. The molecule has 6 nitrogen and oxygen atoms in total. The fourth-order valence-electron chi connectivity index (χ4n) is 2.67. The molecule has 3 N–H and O–H groups in total. The second-order valence-electron chi connectivity index (χ2n) is 7.01. The predicted molar refractivity (Wildman–Crippen MR) is 115 cm³/mol. The van der Waals surface area contributed by atoms with Gasteiger partial charge in [-0.1, -0.05) is 63.3 Å². The summed E-state index contributed by atoms with van der Waals surface area (Å²) in [5.74, 6) is -0.0122. The summed E-state index contributed by atoms with van der Waals surface area (Å²) >= 11 is 0. The maximum atomic E-state index is 11.6. The molecule has 0 radical (unpaired) electrons. The van der Waals surface area contributed by atoms with Crippen molar-refractivity contribution in [2.45, 2.75) is 90.4 Å². The molecule has 0 atom stereocenters. The molecular formula is C21H40NO5P. The summed E-state index contributed by atoms with van der Waals surface area (Å²) in [7, 11) is -4.40. The van der Waals surface area contributed by atoms with E-state index in [1.165, 1.54) is 38.5 Å². The summed E-state index contributed by atoms with van der Waals surface area (Å²) in [5, 5.41) is 2.73. The molecule has 0 saturated heterocycles. The minimum atomic E-state index is -4.40. The number of rotatable bonds is 19. The summed E-state index contributed by atoms with van der Waals surface area (Å²) in [6.07, 6.45) is 22.7. The fourth-order valence-corrected chi connectivity index (χ4v) is 3.04. The summed E-state index contributed by atoms with van der Waals surface area (Å²) in [5.41, 5.74) is 0. The van der Waals surface area contributed by atoms with Crippen molar-refractivity contribution in [2.75, 3.05) is 13.2 Å². The molecule has 0 aliphatic rings. The van der Waals surface area contributed by atoms with Gasteiger partial charge in [0.15, 0.2) is 0 Å². The minimum absolute atomic E-state index is 0.0122. The van der Waals surface area contributed by atoms with Crippen LogP contribution in [-0.4, -0.2) is 28.8 Å². The van der Waals surface area contributed by atoms with Crippen molar-refractivity contribution in [1.82, 2.24) is 5.32 Å². The molecule has 0 aromatic heterocycles. The Morgan fingerprint density at radius 1 is 0.893 bits per heavy atom. The first-order valence-corrected chi connectivity index (χ1v) is 12.3. The summed E-state index contributed by atoms with van der Waals surface area (Å²) < 4.78 is 14.8. The zero-order valence-electron chi connectivity index (χ0n) is 17.5. The Balaban J connectivity index is 3.33. The van der Waals surface area contributed by atoms with Crippen molar-refractivity contribution in [1.29, 1.82) is 0 Å². The highest BCUT2D eigenvalue weighted by Gasteiger charge is 2.12. The van der Waals surface area contributed by atoms with Gasteiger partial charge in [0.1, 0.15) is 0 Å². The van der Waals surface area contributed by atoms with E-state index >= 15 is 0 Å². The standard InChI is InChI=1S/C21H40NO5P/c1-2-3-4-5-6-7-8-9-10-11-12-13-14-15-16-18-21(23)22-19-17-20-27-28(24,25)26/h6-7,9-10H,2-5,8,11-20H2,1H3,(H,22,23)(H2,24,25,26)/b7-6-,10-9-. The molecule has 0 fully saturated rings. The number of nitrogens with one attached hydrogen (secondary N) is 1. The van der Waals surface area contributed by atoms with E-state index in [0.29, 0.717) is 19.4 Å². The number of unbranched alkanes of at least 4 members (excludes halogenated alkanes) is 8. The highest BCUT2D eigenvalue weighted by Crippen LogP contribution is 2.35. The van der Waals surface area contributed by atoms with Gasteiger partial charge in [-0.2, -0.15) is 0 Å². The predicted octanol–water partition coefficient (Wildman–Crippen LogP) is 5.42. The average Bonchev–Trinajstić information content (AvgIpc) is 2.63. The van der Waals surface area contributed by atoms with Gasteiger partial charge >= 0.3 is 7.82 Å². The van der Waals surface area contributed by atoms with Gasteiger partial charge in [0, 0.05) is 13.0 Å². The van der Waals surface area contributed by atoms with Gasteiger partial charge in [-0.25, -0.2) is 4.57 Å². The molecule has 0 spiro atoms. The number of allylic oxidation sites excluding steroid dienone is 4. The number of amides is 1. The van der Waals surface area contributed by atoms with Crippen LogP contribution in [0.1, 0.15) is 90.4 Å². The van der Waals surface area contributed by atoms with E-state index in [-0.39, 0.29) is 12.5 Å². The van der Waals surface area contributed by atoms with E-state index < -0.39 is 7.82 Å². The molecule has 0 rings (SSSR count). The quantitative estimate of drug-likeness (QED) is 0.148. The van der Waals surface area contributed by atoms with Crippen LogP contribution >= 0.6 is 7.82 Å². The van der Waals surface area contributed by atoms with Gasteiger partial charge in [-0.05, 0) is 44.9 Å². The highest BCUT2D eigenvalue weighted by molar-refractivity contribution is 7.46. The maximum absolute atomic E-state index is 11.6. The summed E-state index contributed by atoms with van der Waals surface area (Å²) in [4.78, 5) is 28.7. The van der Waals surface area contributed by atoms with Crippen LogP contribution in [0.25, 0.3) is 0 Å². The molecule has 0 heterocycles. The topological polar surface area (TPSA) is 95.9 Å². The van der Waals surface area contributed by atoms with Crippen LogP contribution in [0.2, 0.25) is 0 Å². The zero-order chi connectivity index (χ0) is 20.9. The molecule has 0 aliphatic carbocycles. The van der Waals surface area contributed by atoms with Crippen molar-refractivity contribution in [2.24, 2.45) is 0 Å². The lowest BCUT2D eigenvalue weighted by atomic mass is 10.1. The third-order valence-corrected chi connectivity index (χ3v) is 4.78. The average molecular weight is 418 g/mol. The van der Waals surface area contributed by atoms with E-state index in [2.05, 4.69) is 41.1 Å². The number of phosphoric acid groups is 1. The van der Waals surface area contributed by atoms with Crippen LogP contribution in [0.5, 0.6) is 0 Å². The maximum Gasteiger partial charge on any atom is 0.469 e. The largest absolute Gasteiger partial charge is 0.469 e. The van der Waals surface area contributed by atoms with E-state index in [9.17, 15) is 9.36 Å². The molecule has 0 aliphatic heterocycles. The third kappa shape index (κ3) is 23.1. The second kappa shape index (κ2) is 19.4. The van der Waals surface area contributed by atoms with E-state index in [1.54, 1.807) is 0 Å². The molecule has 1 amide bonds. The van der Waals surface area contributed by atoms with Crippen molar-refractivity contribution < 1.29 is 23.7 Å². The van der Waals surface area contributed by atoms with Gasteiger partial charge in [-0.3, -0.25) is 9.32 Å². The lowest BCUT2D eigenvalue weighted by Crippen LogP contribution is -2.24. The highest BCUT2D eigenvalue weighted by atomic mass is 31.2. The number of hydrogen-bond donors (Lipinski definition) is 3. The number of carbonyl (C=O) groups excluding carboxylic acids is 1. The molecule has 28 heavy (non-hydrogen) atoms. The van der Waals surface area contributed by atoms with Crippen molar-refractivity contribution in [3.05, 3.63) is 24.3 Å². The van der Waals surface area contributed by atoms with Crippen molar-refractivity contribution in [3.63, 3.8) is 0 Å². The first-order valence-electron chi connectivity index (χ1n) is 10.7. The van der Waals surface area contributed by atoms with Crippen LogP contribution in [-0.2, 0) is 13.9 Å². The first kappa shape index (κ1) is 27.1. The van der Waals surface area contributed by atoms with E-state index in [4.69, 9.17) is 9.79 Å². The van der Waals surface area contributed by atoms with Gasteiger partial charge in [0.25, 0.3) is 0 Å². The number of hydrogen-bond acceptors (Lipinski definition) is 3. The number of phosphoric ester groups is 1. The molecule has 0 bridgehead atoms. The van der Waals surface area contributed by atoms with E-state index in [0.717, 1.165) is 32.1 Å². The second-order valence-corrected chi connectivity index (χ2v) is 8.25. The molecule has 0 saturated carbocycles. The van der Waals surface area contributed by atoms with Crippen LogP contribution in [0.3, 0.4) is 0 Å². The Morgan fingerprint density at radius 3 is 2.14 bits per heavy atom. The van der Waals surface area contributed by atoms with Crippen molar-refractivity contribution in [3.8, 4) is 0 Å². The zero-order valence-corrected chi connectivity index (χ0v) is 18.4. The molecule has 0 aromatic carbocycles. The van der Waals surface area contributed by atoms with E-state index in [1.807, 2.05) is 0 Å². The first-order chi connectivity index (χ1) is 13.5. The Kier molecular flexibility index (Phi) is 18.7. The Bertz CT molecular complexity index is 473. The molecular weight excluding hydrogens is 377 g/mol. The van der Waals surface area contributed by atoms with Crippen LogP contribution in [0, 0.1) is 0 Å². The normalized spacial score (nSPS) is 12.2. The fraction of sp³-hybridized carbons (Fsp3) is 0.762. The van der Waals surface area contributed by atoms with Crippen LogP contribution in [0.15, 0.2) is 24.3 Å².